The number of hydrogen-bond donors (Lipinski definition) is 1. The first-order valence-corrected chi connectivity index (χ1v) is 14.2. The summed E-state index contributed by atoms with van der Waals surface area (Å²) in [5, 5.41) is 18.1. The van der Waals surface area contributed by atoms with Gasteiger partial charge in [0.1, 0.15) is 12.4 Å². The Morgan fingerprint density at radius 3 is 2.42 bits per heavy atom. The molecule has 1 N–H and O–H groups in total. The summed E-state index contributed by atoms with van der Waals surface area (Å²) in [7, 11) is 0. The maximum absolute atomic E-state index is 13.1. The molecule has 5 rings (SSSR count). The molecule has 13 nitrogen and oxygen atoms in total. The molecule has 1 amide bonds. The molecule has 0 atom stereocenters. The summed E-state index contributed by atoms with van der Waals surface area (Å²) >= 11 is 0.688. The number of nitrogens with one attached hydrogen (secondary N) is 1. The number of fused-ring (bicyclic) bond motifs is 1. The molecule has 0 fully saturated rings. The first-order valence-electron chi connectivity index (χ1n) is 13.4. The largest absolute Gasteiger partial charge is 0.475 e. The number of halogens is 3. The van der Waals surface area contributed by atoms with Crippen LogP contribution in [0.15, 0.2) is 60.9 Å². The molecular formula is C28H24F3N7O6S. The number of alkyl halides is 3. The molecule has 0 bridgehead atoms. The van der Waals surface area contributed by atoms with Crippen molar-refractivity contribution in [3.63, 3.8) is 0 Å². The Labute approximate surface area is 256 Å². The number of aromatic nitrogens is 5. The third-order valence-corrected chi connectivity index (χ3v) is 7.18. The molecule has 0 unspecified atom stereocenters. The highest BCUT2D eigenvalue weighted by atomic mass is 32.1. The van der Waals surface area contributed by atoms with Gasteiger partial charge in [-0.15, -0.1) is 0 Å². The Kier molecular flexibility index (Phi) is 9.60. The number of carbonyl (C=O) groups is 1. The number of hydrogen-bond acceptors (Lipinski definition) is 11. The van der Waals surface area contributed by atoms with Crippen LogP contribution in [-0.4, -0.2) is 68.6 Å². The van der Waals surface area contributed by atoms with E-state index in [9.17, 15) is 28.1 Å². The number of ether oxygens (including phenoxy) is 3. The number of thiophene rings is 1. The quantitative estimate of drug-likeness (QED) is 0.0980. The summed E-state index contributed by atoms with van der Waals surface area (Å²) in [6, 6.07) is 10.1. The first kappa shape index (κ1) is 31.4. The van der Waals surface area contributed by atoms with Crippen LogP contribution in [0.4, 0.5) is 24.0 Å². The summed E-state index contributed by atoms with van der Waals surface area (Å²) in [6.45, 7) is 4.02. The van der Waals surface area contributed by atoms with E-state index < -0.39 is 22.6 Å². The van der Waals surface area contributed by atoms with Gasteiger partial charge in [-0.25, -0.2) is 19.6 Å². The van der Waals surface area contributed by atoms with E-state index in [1.165, 1.54) is 41.3 Å². The van der Waals surface area contributed by atoms with Crippen molar-refractivity contribution in [3.8, 4) is 23.0 Å². The van der Waals surface area contributed by atoms with E-state index >= 15 is 0 Å². The molecule has 0 saturated heterocycles. The van der Waals surface area contributed by atoms with Crippen LogP contribution in [-0.2, 0) is 15.7 Å². The van der Waals surface area contributed by atoms with Crippen LogP contribution in [0.25, 0.3) is 28.1 Å². The summed E-state index contributed by atoms with van der Waals surface area (Å²) in [5.41, 5.74) is 0.0528. The van der Waals surface area contributed by atoms with Crippen LogP contribution in [0, 0.1) is 10.1 Å². The fourth-order valence-electron chi connectivity index (χ4n) is 4.00. The summed E-state index contributed by atoms with van der Waals surface area (Å²) in [4.78, 5) is 36.9. The number of benzene rings is 1. The van der Waals surface area contributed by atoms with E-state index in [4.69, 9.17) is 14.2 Å². The van der Waals surface area contributed by atoms with E-state index in [0.29, 0.717) is 49.2 Å². The second-order valence-electron chi connectivity index (χ2n) is 9.13. The molecule has 1 aromatic carbocycles. The van der Waals surface area contributed by atoms with Gasteiger partial charge in [-0.3, -0.25) is 14.9 Å². The van der Waals surface area contributed by atoms with Crippen molar-refractivity contribution >= 4 is 39.1 Å². The Morgan fingerprint density at radius 2 is 1.76 bits per heavy atom. The van der Waals surface area contributed by atoms with Crippen molar-refractivity contribution in [3.05, 3.63) is 81.5 Å². The smallest absolute Gasteiger partial charge is 0.416 e. The van der Waals surface area contributed by atoms with Gasteiger partial charge in [-0.2, -0.15) is 18.3 Å². The standard InChI is InChI=1S/C28H24F3N7O6S/c1-2-42-11-12-43-13-14-44-22-9-3-17(15-32-22)24-34-25(36-27(39)21-8-10-23(45-21)38(40)41)20-16-33-37(26(20)35-24)19-6-4-18(5-7-19)28(29,30)31/h3-10,15-16H,2,11-14H2,1H3,(H,34,35,36,39). The maximum atomic E-state index is 13.1. The molecule has 45 heavy (non-hydrogen) atoms. The predicted octanol–water partition coefficient (Wildman–Crippen LogP) is 5.55. The SMILES string of the molecule is CCOCCOCCOc1ccc(-c2nc(NC(=O)c3ccc([N+](=O)[O-])s3)c3cnn(-c4ccc(C(F)(F)F)cc4)c3n2)cn1. The number of nitrogens with zero attached hydrogens (tertiary/aromatic N) is 6. The van der Waals surface area contributed by atoms with Gasteiger partial charge in [0.05, 0.1) is 52.5 Å². The van der Waals surface area contributed by atoms with E-state index in [0.717, 1.165) is 12.1 Å². The molecule has 5 aromatic rings. The van der Waals surface area contributed by atoms with Crippen molar-refractivity contribution in [2.24, 2.45) is 0 Å². The zero-order valence-electron chi connectivity index (χ0n) is 23.5. The number of pyridine rings is 1. The average molecular weight is 644 g/mol. The summed E-state index contributed by atoms with van der Waals surface area (Å²) < 4.78 is 57.0. The van der Waals surface area contributed by atoms with Crippen LogP contribution in [0.5, 0.6) is 5.88 Å². The molecule has 17 heteroatoms. The van der Waals surface area contributed by atoms with Crippen LogP contribution < -0.4 is 10.1 Å². The maximum Gasteiger partial charge on any atom is 0.416 e. The van der Waals surface area contributed by atoms with Crippen molar-refractivity contribution in [2.45, 2.75) is 13.1 Å². The minimum Gasteiger partial charge on any atom is -0.475 e. The lowest BCUT2D eigenvalue weighted by atomic mass is 10.2. The van der Waals surface area contributed by atoms with Crippen molar-refractivity contribution < 1.29 is 37.1 Å². The van der Waals surface area contributed by atoms with Gasteiger partial charge in [0.15, 0.2) is 11.5 Å². The van der Waals surface area contributed by atoms with Gasteiger partial charge in [-0.05, 0) is 43.3 Å². The second-order valence-corrected chi connectivity index (χ2v) is 10.2. The van der Waals surface area contributed by atoms with E-state index in [1.54, 1.807) is 12.1 Å². The van der Waals surface area contributed by atoms with Crippen LogP contribution in [0.1, 0.15) is 22.2 Å². The van der Waals surface area contributed by atoms with Gasteiger partial charge < -0.3 is 19.5 Å². The number of nitro groups is 1. The lowest BCUT2D eigenvalue weighted by molar-refractivity contribution is -0.380. The normalized spacial score (nSPS) is 11.6. The average Bonchev–Trinajstić information content (AvgIpc) is 3.69. The molecular weight excluding hydrogens is 619 g/mol. The molecule has 0 aliphatic heterocycles. The second kappa shape index (κ2) is 13.7. The van der Waals surface area contributed by atoms with Gasteiger partial charge in [0.2, 0.25) is 5.88 Å². The molecule has 4 aromatic heterocycles. The Balaban J connectivity index is 1.44. The van der Waals surface area contributed by atoms with E-state index in [-0.39, 0.29) is 44.8 Å². The Bertz CT molecular complexity index is 1790. The molecule has 0 saturated carbocycles. The Hall–Kier alpha value is -5.00. The highest BCUT2D eigenvalue weighted by Gasteiger charge is 2.30. The first-order chi connectivity index (χ1) is 21.6. The zero-order chi connectivity index (χ0) is 32.0. The van der Waals surface area contributed by atoms with Crippen LogP contribution in [0.3, 0.4) is 0 Å². The van der Waals surface area contributed by atoms with Gasteiger partial charge >= 0.3 is 11.2 Å². The number of anilines is 1. The number of rotatable bonds is 13. The minimum atomic E-state index is -4.52. The molecule has 234 valence electrons. The van der Waals surface area contributed by atoms with Crippen molar-refractivity contribution in [2.75, 3.05) is 38.4 Å². The summed E-state index contributed by atoms with van der Waals surface area (Å²) in [6.07, 6.45) is -1.71. The third kappa shape index (κ3) is 7.57. The zero-order valence-corrected chi connectivity index (χ0v) is 24.3. The van der Waals surface area contributed by atoms with Gasteiger partial charge in [-0.1, -0.05) is 11.3 Å². The molecule has 0 spiro atoms. The highest BCUT2D eigenvalue weighted by Crippen LogP contribution is 2.32. The van der Waals surface area contributed by atoms with Crippen LogP contribution in [0.2, 0.25) is 0 Å². The summed E-state index contributed by atoms with van der Waals surface area (Å²) in [5.74, 6) is -0.205. The lowest BCUT2D eigenvalue weighted by Crippen LogP contribution is -2.13. The van der Waals surface area contributed by atoms with Crippen molar-refractivity contribution in [1.82, 2.24) is 24.7 Å². The van der Waals surface area contributed by atoms with Crippen molar-refractivity contribution in [1.29, 1.82) is 0 Å². The molecule has 4 heterocycles. The topological polar surface area (TPSA) is 156 Å². The van der Waals surface area contributed by atoms with E-state index in [1.807, 2.05) is 6.92 Å². The predicted molar refractivity (Wildman–Crippen MR) is 157 cm³/mol. The molecule has 0 aliphatic carbocycles. The van der Waals surface area contributed by atoms with Crippen LogP contribution >= 0.6 is 11.3 Å². The lowest BCUT2D eigenvalue weighted by Gasteiger charge is -2.10. The monoisotopic (exact) mass is 643 g/mol. The minimum absolute atomic E-state index is 0.0266. The highest BCUT2D eigenvalue weighted by molar-refractivity contribution is 7.17. The van der Waals surface area contributed by atoms with Gasteiger partial charge in [0, 0.05) is 30.5 Å². The number of carbonyl (C=O) groups excluding carboxylic acids is 1. The third-order valence-electron chi connectivity index (χ3n) is 6.14. The van der Waals surface area contributed by atoms with E-state index in [2.05, 4.69) is 25.4 Å². The fourth-order valence-corrected chi connectivity index (χ4v) is 4.71. The van der Waals surface area contributed by atoms with Gasteiger partial charge in [0.25, 0.3) is 5.91 Å². The number of amides is 1. The fraction of sp³-hybridized carbons (Fsp3) is 0.250. The molecule has 0 aliphatic rings. The molecule has 0 radical (unpaired) electrons. The Morgan fingerprint density at radius 1 is 1.00 bits per heavy atom.